The molecule has 1 saturated heterocycles. The summed E-state index contributed by atoms with van der Waals surface area (Å²) < 4.78 is 0. The zero-order chi connectivity index (χ0) is 11.6. The molecule has 0 aliphatic carbocycles. The van der Waals surface area contributed by atoms with Gasteiger partial charge in [-0.05, 0) is 19.4 Å². The van der Waals surface area contributed by atoms with Crippen molar-refractivity contribution in [2.24, 2.45) is 5.92 Å². The molecule has 94 valence electrons. The summed E-state index contributed by atoms with van der Waals surface area (Å²) in [6.07, 6.45) is 8.69. The van der Waals surface area contributed by atoms with E-state index in [0.717, 1.165) is 32.5 Å². The summed E-state index contributed by atoms with van der Waals surface area (Å²) in [4.78, 5) is 11.6. The lowest BCUT2D eigenvalue weighted by molar-refractivity contribution is -0.124. The van der Waals surface area contributed by atoms with Crippen molar-refractivity contribution < 1.29 is 4.79 Å². The Hall–Kier alpha value is -0.570. The van der Waals surface area contributed by atoms with E-state index in [1.807, 2.05) is 0 Å². The maximum absolute atomic E-state index is 11.6. The Morgan fingerprint density at radius 2 is 2.00 bits per heavy atom. The minimum atomic E-state index is 0.222. The van der Waals surface area contributed by atoms with E-state index in [1.54, 1.807) is 0 Å². The molecule has 3 heteroatoms. The van der Waals surface area contributed by atoms with Gasteiger partial charge in [-0.1, -0.05) is 39.0 Å². The Morgan fingerprint density at radius 1 is 1.25 bits per heavy atom. The minimum absolute atomic E-state index is 0.222. The van der Waals surface area contributed by atoms with E-state index in [9.17, 15) is 4.79 Å². The molecule has 0 saturated carbocycles. The van der Waals surface area contributed by atoms with Crippen molar-refractivity contribution in [1.29, 1.82) is 0 Å². The Kier molecular flexibility index (Phi) is 7.23. The smallest absolute Gasteiger partial charge is 0.224 e. The Balaban J connectivity index is 1.88. The maximum atomic E-state index is 11.6. The normalized spacial score (nSPS) is 19.9. The van der Waals surface area contributed by atoms with Gasteiger partial charge in [-0.3, -0.25) is 4.79 Å². The van der Waals surface area contributed by atoms with Crippen LogP contribution in [0.4, 0.5) is 0 Å². The summed E-state index contributed by atoms with van der Waals surface area (Å²) in [5.41, 5.74) is 0. The monoisotopic (exact) mass is 226 g/mol. The van der Waals surface area contributed by atoms with Gasteiger partial charge in [0.2, 0.25) is 5.91 Å². The third kappa shape index (κ3) is 5.50. The summed E-state index contributed by atoms with van der Waals surface area (Å²) >= 11 is 0. The second-order valence-electron chi connectivity index (χ2n) is 4.75. The molecule has 2 N–H and O–H groups in total. The summed E-state index contributed by atoms with van der Waals surface area (Å²) in [6.45, 7) is 4.95. The number of carbonyl (C=O) groups excluding carboxylic acids is 1. The zero-order valence-electron chi connectivity index (χ0n) is 10.6. The Labute approximate surface area is 99.4 Å². The van der Waals surface area contributed by atoms with Crippen molar-refractivity contribution in [3.63, 3.8) is 0 Å². The summed E-state index contributed by atoms with van der Waals surface area (Å²) in [6, 6.07) is 0. The minimum Gasteiger partial charge on any atom is -0.356 e. The molecule has 1 aliphatic rings. The quantitative estimate of drug-likeness (QED) is 0.622. The van der Waals surface area contributed by atoms with E-state index in [0.29, 0.717) is 0 Å². The van der Waals surface area contributed by atoms with E-state index >= 15 is 0 Å². The number of rotatable bonds is 8. The van der Waals surface area contributed by atoms with Crippen LogP contribution in [0.5, 0.6) is 0 Å². The van der Waals surface area contributed by atoms with Crippen LogP contribution in [0.3, 0.4) is 0 Å². The average molecular weight is 226 g/mol. The molecular formula is C13H26N2O. The van der Waals surface area contributed by atoms with E-state index in [-0.39, 0.29) is 11.8 Å². The highest BCUT2D eigenvalue weighted by molar-refractivity contribution is 5.79. The van der Waals surface area contributed by atoms with Crippen LogP contribution >= 0.6 is 0 Å². The van der Waals surface area contributed by atoms with Crippen molar-refractivity contribution in [1.82, 2.24) is 10.6 Å². The van der Waals surface area contributed by atoms with Gasteiger partial charge in [0, 0.05) is 13.1 Å². The standard InChI is InChI=1S/C13H26N2O/c1-2-3-4-5-6-7-9-15-13(16)12-8-10-14-11-12/h12,14H,2-11H2,1H3,(H,15,16). The summed E-state index contributed by atoms with van der Waals surface area (Å²) in [5.74, 6) is 0.471. The molecule has 0 aromatic heterocycles. The van der Waals surface area contributed by atoms with Gasteiger partial charge in [0.05, 0.1) is 5.92 Å². The van der Waals surface area contributed by atoms with Crippen LogP contribution in [0.1, 0.15) is 51.9 Å². The van der Waals surface area contributed by atoms with Crippen molar-refractivity contribution in [2.45, 2.75) is 51.9 Å². The van der Waals surface area contributed by atoms with Crippen LogP contribution in [0, 0.1) is 5.92 Å². The lowest BCUT2D eigenvalue weighted by Crippen LogP contribution is -2.32. The van der Waals surface area contributed by atoms with Gasteiger partial charge >= 0.3 is 0 Å². The first-order valence-electron chi connectivity index (χ1n) is 6.83. The fourth-order valence-corrected chi connectivity index (χ4v) is 2.14. The van der Waals surface area contributed by atoms with Gasteiger partial charge in [-0.2, -0.15) is 0 Å². The first kappa shape index (κ1) is 13.5. The number of amides is 1. The third-order valence-electron chi connectivity index (χ3n) is 3.26. The van der Waals surface area contributed by atoms with Gasteiger partial charge < -0.3 is 10.6 Å². The molecule has 0 aromatic carbocycles. The van der Waals surface area contributed by atoms with Gasteiger partial charge in [-0.15, -0.1) is 0 Å². The molecule has 1 atom stereocenters. The molecule has 0 bridgehead atoms. The van der Waals surface area contributed by atoms with Gasteiger partial charge in [0.15, 0.2) is 0 Å². The molecule has 16 heavy (non-hydrogen) atoms. The second kappa shape index (κ2) is 8.57. The topological polar surface area (TPSA) is 41.1 Å². The first-order chi connectivity index (χ1) is 7.84. The molecule has 0 radical (unpaired) electrons. The molecule has 0 aromatic rings. The van der Waals surface area contributed by atoms with E-state index < -0.39 is 0 Å². The molecular weight excluding hydrogens is 200 g/mol. The molecule has 1 amide bonds. The van der Waals surface area contributed by atoms with Crippen LogP contribution in [-0.2, 0) is 4.79 Å². The molecule has 0 spiro atoms. The largest absolute Gasteiger partial charge is 0.356 e. The summed E-state index contributed by atoms with van der Waals surface area (Å²) in [5, 5.41) is 6.25. The highest BCUT2D eigenvalue weighted by atomic mass is 16.1. The Morgan fingerprint density at radius 3 is 2.69 bits per heavy atom. The van der Waals surface area contributed by atoms with Crippen LogP contribution < -0.4 is 10.6 Å². The van der Waals surface area contributed by atoms with Crippen molar-refractivity contribution in [2.75, 3.05) is 19.6 Å². The van der Waals surface area contributed by atoms with E-state index in [1.165, 1.54) is 32.1 Å². The molecule has 1 rings (SSSR count). The van der Waals surface area contributed by atoms with Crippen molar-refractivity contribution >= 4 is 5.91 Å². The summed E-state index contributed by atoms with van der Waals surface area (Å²) in [7, 11) is 0. The van der Waals surface area contributed by atoms with Crippen LogP contribution in [0.15, 0.2) is 0 Å². The molecule has 1 aliphatic heterocycles. The molecule has 1 heterocycles. The fourth-order valence-electron chi connectivity index (χ4n) is 2.14. The lowest BCUT2D eigenvalue weighted by atomic mass is 10.1. The van der Waals surface area contributed by atoms with E-state index in [4.69, 9.17) is 0 Å². The second-order valence-corrected chi connectivity index (χ2v) is 4.75. The van der Waals surface area contributed by atoms with E-state index in [2.05, 4.69) is 17.6 Å². The molecule has 1 unspecified atom stereocenters. The number of hydrogen-bond donors (Lipinski definition) is 2. The molecule has 3 nitrogen and oxygen atoms in total. The highest BCUT2D eigenvalue weighted by Gasteiger charge is 2.21. The lowest BCUT2D eigenvalue weighted by Gasteiger charge is -2.09. The SMILES string of the molecule is CCCCCCCCNC(=O)C1CCNC1. The number of carbonyl (C=O) groups is 1. The maximum Gasteiger partial charge on any atom is 0.224 e. The van der Waals surface area contributed by atoms with Crippen molar-refractivity contribution in [3.8, 4) is 0 Å². The van der Waals surface area contributed by atoms with Crippen LogP contribution in [-0.4, -0.2) is 25.5 Å². The van der Waals surface area contributed by atoms with Crippen LogP contribution in [0.2, 0.25) is 0 Å². The zero-order valence-corrected chi connectivity index (χ0v) is 10.6. The number of hydrogen-bond acceptors (Lipinski definition) is 2. The predicted molar refractivity (Wildman–Crippen MR) is 67.4 cm³/mol. The highest BCUT2D eigenvalue weighted by Crippen LogP contribution is 2.07. The fraction of sp³-hybridized carbons (Fsp3) is 0.923. The molecule has 1 fully saturated rings. The average Bonchev–Trinajstić information content (AvgIpc) is 2.81. The van der Waals surface area contributed by atoms with Gasteiger partial charge in [0.1, 0.15) is 0 Å². The Bertz CT molecular complexity index is 188. The third-order valence-corrected chi connectivity index (χ3v) is 3.26. The van der Waals surface area contributed by atoms with Crippen LogP contribution in [0.25, 0.3) is 0 Å². The first-order valence-corrected chi connectivity index (χ1v) is 6.83. The van der Waals surface area contributed by atoms with Crippen molar-refractivity contribution in [3.05, 3.63) is 0 Å². The number of unbranched alkanes of at least 4 members (excludes halogenated alkanes) is 5. The predicted octanol–water partition coefficient (Wildman–Crippen LogP) is 2.07. The van der Waals surface area contributed by atoms with Gasteiger partial charge in [-0.25, -0.2) is 0 Å². The number of nitrogens with one attached hydrogen (secondary N) is 2. The van der Waals surface area contributed by atoms with Gasteiger partial charge in [0.25, 0.3) is 0 Å².